The van der Waals surface area contributed by atoms with Crippen LogP contribution in [-0.2, 0) is 9.53 Å². The minimum Gasteiger partial charge on any atom is -0.462 e. The normalized spacial score (nSPS) is 17.5. The maximum absolute atomic E-state index is 12.4. The summed E-state index contributed by atoms with van der Waals surface area (Å²) < 4.78 is 6.30. The van der Waals surface area contributed by atoms with Crippen molar-refractivity contribution in [2.75, 3.05) is 6.61 Å². The fraction of sp³-hybridized carbons (Fsp3) is 0.412. The largest absolute Gasteiger partial charge is 0.462 e. The summed E-state index contributed by atoms with van der Waals surface area (Å²) in [5, 5.41) is 5.43. The Hall–Kier alpha value is -1.82. The monoisotopic (exact) mass is 380 g/mol. The summed E-state index contributed by atoms with van der Waals surface area (Å²) in [5.74, 6) is -0.390. The van der Waals surface area contributed by atoms with Gasteiger partial charge in [-0.05, 0) is 31.0 Å². The lowest BCUT2D eigenvalue weighted by molar-refractivity contribution is -0.139. The number of unbranched alkanes of at least 4 members (excludes halogenated alkanes) is 2. The van der Waals surface area contributed by atoms with Gasteiger partial charge in [-0.1, -0.05) is 47.8 Å². The molecule has 1 heterocycles. The number of hydrogen-bond acceptors (Lipinski definition) is 3. The van der Waals surface area contributed by atoms with Crippen LogP contribution in [0.3, 0.4) is 0 Å². The standard InChI is InChI=1S/C17H21BrN2O3/c1-3-4-5-10-23-16(21)14-11(2)19-17(22)20-15(14)12-6-8-13(18)9-7-12/h6-9,15H,3-5,10H2,1-2H3,(H2,19,20,22)/t15-/m1/s1. The van der Waals surface area contributed by atoms with E-state index in [0.29, 0.717) is 17.9 Å². The van der Waals surface area contributed by atoms with Gasteiger partial charge >= 0.3 is 12.0 Å². The molecule has 0 radical (unpaired) electrons. The number of carbonyl (C=O) groups is 2. The zero-order chi connectivity index (χ0) is 16.8. The highest BCUT2D eigenvalue weighted by Crippen LogP contribution is 2.28. The summed E-state index contributed by atoms with van der Waals surface area (Å²) in [7, 11) is 0. The van der Waals surface area contributed by atoms with Crippen LogP contribution in [0.2, 0.25) is 0 Å². The molecule has 6 heteroatoms. The lowest BCUT2D eigenvalue weighted by Gasteiger charge is -2.28. The summed E-state index contributed by atoms with van der Waals surface area (Å²) >= 11 is 3.38. The van der Waals surface area contributed by atoms with Crippen LogP contribution in [0.4, 0.5) is 4.79 Å². The van der Waals surface area contributed by atoms with E-state index in [-0.39, 0.29) is 12.0 Å². The van der Waals surface area contributed by atoms with Crippen LogP contribution in [0.5, 0.6) is 0 Å². The Morgan fingerprint density at radius 1 is 1.26 bits per heavy atom. The predicted octanol–water partition coefficient (Wildman–Crippen LogP) is 3.81. The molecule has 2 N–H and O–H groups in total. The van der Waals surface area contributed by atoms with Crippen LogP contribution >= 0.6 is 15.9 Å². The van der Waals surface area contributed by atoms with Crippen molar-refractivity contribution in [1.82, 2.24) is 10.6 Å². The van der Waals surface area contributed by atoms with Crippen LogP contribution in [0, 0.1) is 0 Å². The molecule has 0 unspecified atom stereocenters. The highest BCUT2D eigenvalue weighted by molar-refractivity contribution is 9.10. The van der Waals surface area contributed by atoms with E-state index in [1.807, 2.05) is 24.3 Å². The van der Waals surface area contributed by atoms with Crippen LogP contribution in [0.15, 0.2) is 40.0 Å². The van der Waals surface area contributed by atoms with Gasteiger partial charge in [0.15, 0.2) is 0 Å². The molecule has 1 aliphatic rings. The van der Waals surface area contributed by atoms with E-state index in [1.54, 1.807) is 6.92 Å². The third-order valence-electron chi connectivity index (χ3n) is 3.67. The first kappa shape index (κ1) is 17.5. The highest BCUT2D eigenvalue weighted by atomic mass is 79.9. The second kappa shape index (κ2) is 8.15. The van der Waals surface area contributed by atoms with E-state index in [9.17, 15) is 9.59 Å². The maximum Gasteiger partial charge on any atom is 0.338 e. The van der Waals surface area contributed by atoms with Crippen molar-refractivity contribution in [3.05, 3.63) is 45.6 Å². The first-order chi connectivity index (χ1) is 11.0. The van der Waals surface area contributed by atoms with Gasteiger partial charge in [0.2, 0.25) is 0 Å². The van der Waals surface area contributed by atoms with Gasteiger partial charge in [0.05, 0.1) is 18.2 Å². The second-order valence-electron chi connectivity index (χ2n) is 5.46. The number of rotatable bonds is 6. The summed E-state index contributed by atoms with van der Waals surface area (Å²) in [5.41, 5.74) is 1.81. The molecule has 1 aromatic rings. The SMILES string of the molecule is CCCCCOC(=O)C1=C(C)NC(=O)N[C@@H]1c1ccc(Br)cc1. The molecule has 2 rings (SSSR count). The molecule has 23 heavy (non-hydrogen) atoms. The van der Waals surface area contributed by atoms with E-state index < -0.39 is 6.04 Å². The topological polar surface area (TPSA) is 67.4 Å². The van der Waals surface area contributed by atoms with Crippen molar-refractivity contribution < 1.29 is 14.3 Å². The molecule has 2 amide bonds. The van der Waals surface area contributed by atoms with Crippen molar-refractivity contribution in [3.63, 3.8) is 0 Å². The van der Waals surface area contributed by atoms with Gasteiger partial charge in [-0.15, -0.1) is 0 Å². The van der Waals surface area contributed by atoms with Crippen LogP contribution < -0.4 is 10.6 Å². The first-order valence-electron chi connectivity index (χ1n) is 7.73. The molecule has 1 aromatic carbocycles. The number of halogens is 1. The summed E-state index contributed by atoms with van der Waals surface area (Å²) in [6.45, 7) is 4.20. The summed E-state index contributed by atoms with van der Waals surface area (Å²) in [4.78, 5) is 24.2. The fourth-order valence-electron chi connectivity index (χ4n) is 2.46. The number of hydrogen-bond donors (Lipinski definition) is 2. The average Bonchev–Trinajstić information content (AvgIpc) is 2.51. The summed E-state index contributed by atoms with van der Waals surface area (Å²) in [6, 6.07) is 6.68. The van der Waals surface area contributed by atoms with Gasteiger partial charge in [-0.2, -0.15) is 0 Å². The van der Waals surface area contributed by atoms with E-state index >= 15 is 0 Å². The third-order valence-corrected chi connectivity index (χ3v) is 4.20. The van der Waals surface area contributed by atoms with Crippen LogP contribution in [-0.4, -0.2) is 18.6 Å². The van der Waals surface area contributed by atoms with Gasteiger partial charge < -0.3 is 15.4 Å². The highest BCUT2D eigenvalue weighted by Gasteiger charge is 2.32. The van der Waals surface area contributed by atoms with Gasteiger partial charge in [-0.3, -0.25) is 0 Å². The van der Waals surface area contributed by atoms with Crippen molar-refractivity contribution in [2.24, 2.45) is 0 Å². The molecule has 5 nitrogen and oxygen atoms in total. The maximum atomic E-state index is 12.4. The number of esters is 1. The molecule has 0 fully saturated rings. The Morgan fingerprint density at radius 3 is 2.61 bits per heavy atom. The molecule has 0 bridgehead atoms. The third kappa shape index (κ3) is 4.58. The molecule has 1 aliphatic heterocycles. The molecule has 0 spiro atoms. The van der Waals surface area contributed by atoms with Gasteiger partial charge in [0.25, 0.3) is 0 Å². The molecular formula is C17H21BrN2O3. The number of nitrogens with one attached hydrogen (secondary N) is 2. The van der Waals surface area contributed by atoms with Crippen molar-refractivity contribution >= 4 is 27.9 Å². The van der Waals surface area contributed by atoms with Crippen molar-refractivity contribution in [1.29, 1.82) is 0 Å². The number of ether oxygens (including phenoxy) is 1. The Kier molecular flexibility index (Phi) is 6.21. The first-order valence-corrected chi connectivity index (χ1v) is 8.53. The van der Waals surface area contributed by atoms with Gasteiger partial charge in [0.1, 0.15) is 0 Å². The van der Waals surface area contributed by atoms with Crippen molar-refractivity contribution in [3.8, 4) is 0 Å². The second-order valence-corrected chi connectivity index (χ2v) is 6.38. The molecule has 0 saturated carbocycles. The Labute approximate surface area is 144 Å². The number of amides is 2. The fourth-order valence-corrected chi connectivity index (χ4v) is 2.73. The van der Waals surface area contributed by atoms with E-state index in [2.05, 4.69) is 33.5 Å². The Morgan fingerprint density at radius 2 is 1.96 bits per heavy atom. The van der Waals surface area contributed by atoms with Crippen LogP contribution in [0.1, 0.15) is 44.7 Å². The minimum absolute atomic E-state index is 0.321. The number of allylic oxidation sites excluding steroid dienone is 1. The van der Waals surface area contributed by atoms with Crippen molar-refractivity contribution in [2.45, 2.75) is 39.2 Å². The molecule has 0 saturated heterocycles. The van der Waals surface area contributed by atoms with Crippen LogP contribution in [0.25, 0.3) is 0 Å². The smallest absolute Gasteiger partial charge is 0.338 e. The number of urea groups is 1. The summed E-state index contributed by atoms with van der Waals surface area (Å²) in [6.07, 6.45) is 2.94. The lowest BCUT2D eigenvalue weighted by atomic mass is 9.96. The van der Waals surface area contributed by atoms with E-state index in [0.717, 1.165) is 29.3 Å². The average molecular weight is 381 g/mol. The predicted molar refractivity (Wildman–Crippen MR) is 91.7 cm³/mol. The van der Waals surface area contributed by atoms with Gasteiger partial charge in [0, 0.05) is 10.2 Å². The molecule has 0 aliphatic carbocycles. The zero-order valence-corrected chi connectivity index (χ0v) is 14.9. The zero-order valence-electron chi connectivity index (χ0n) is 13.3. The van der Waals surface area contributed by atoms with E-state index in [4.69, 9.17) is 4.74 Å². The van der Waals surface area contributed by atoms with E-state index in [1.165, 1.54) is 0 Å². The number of carbonyl (C=O) groups excluding carboxylic acids is 2. The molecular weight excluding hydrogens is 360 g/mol. The van der Waals surface area contributed by atoms with Gasteiger partial charge in [-0.25, -0.2) is 9.59 Å². The molecule has 124 valence electrons. The molecule has 0 aromatic heterocycles. The lowest BCUT2D eigenvalue weighted by Crippen LogP contribution is -2.45. The minimum atomic E-state index is -0.504. The number of benzene rings is 1. The Balaban J connectivity index is 2.20. The Bertz CT molecular complexity index is 611. The quantitative estimate of drug-likeness (QED) is 0.582. The molecule has 1 atom stereocenters.